The summed E-state index contributed by atoms with van der Waals surface area (Å²) in [5.41, 5.74) is 1.11. The normalized spacial score (nSPS) is 27.8. The van der Waals surface area contributed by atoms with Gasteiger partial charge in [-0.3, -0.25) is 4.57 Å². The minimum atomic E-state index is 0. The van der Waals surface area contributed by atoms with E-state index in [9.17, 15) is 0 Å². The van der Waals surface area contributed by atoms with Crippen molar-refractivity contribution in [1.82, 2.24) is 24.8 Å². The number of hydrogen-bond acceptors (Lipinski definition) is 4. The number of nitrogens with one attached hydrogen (secondary N) is 1. The van der Waals surface area contributed by atoms with Crippen LogP contribution in [-0.4, -0.2) is 57.2 Å². The lowest BCUT2D eigenvalue weighted by atomic mass is 9.82. The van der Waals surface area contributed by atoms with Gasteiger partial charge in [-0.1, -0.05) is 6.07 Å². The maximum absolute atomic E-state index is 6.11. The van der Waals surface area contributed by atoms with Crippen LogP contribution in [0.5, 0.6) is 0 Å². The molecule has 3 fully saturated rings. The van der Waals surface area contributed by atoms with E-state index in [2.05, 4.69) is 33.2 Å². The summed E-state index contributed by atoms with van der Waals surface area (Å²) in [6, 6.07) is 4.13. The van der Waals surface area contributed by atoms with E-state index >= 15 is 0 Å². The number of aliphatic imine (C=N–C) groups is 1. The van der Waals surface area contributed by atoms with E-state index < -0.39 is 0 Å². The molecule has 3 aliphatic rings. The van der Waals surface area contributed by atoms with Crippen molar-refractivity contribution in [2.75, 3.05) is 19.6 Å². The molecule has 5 heterocycles. The molecule has 0 radical (unpaired) electrons. The number of aryl methyl sites for hydroxylation is 1. The Kier molecular flexibility index (Phi) is 6.10. The first-order valence-electron chi connectivity index (χ1n) is 10.4. The highest BCUT2D eigenvalue weighted by Crippen LogP contribution is 2.47. The molecular weight excluding hydrogens is 479 g/mol. The first-order chi connectivity index (χ1) is 13.7. The minimum absolute atomic E-state index is 0. The number of rotatable bonds is 4. The summed E-state index contributed by atoms with van der Waals surface area (Å²) in [6.07, 6.45) is 9.07. The van der Waals surface area contributed by atoms with E-state index in [-0.39, 0.29) is 24.0 Å². The van der Waals surface area contributed by atoms with Gasteiger partial charge in [0.05, 0.1) is 18.8 Å². The van der Waals surface area contributed by atoms with Crippen LogP contribution >= 0.6 is 24.0 Å². The Hall–Kier alpha value is -1.68. The highest BCUT2D eigenvalue weighted by atomic mass is 127. The number of likely N-dealkylation sites (tertiary alicyclic amines) is 1. The van der Waals surface area contributed by atoms with Crippen molar-refractivity contribution in [2.45, 2.75) is 45.4 Å². The molecule has 7 nitrogen and oxygen atoms in total. The molecule has 3 aliphatic heterocycles. The van der Waals surface area contributed by atoms with Gasteiger partial charge in [0.1, 0.15) is 11.6 Å². The molecule has 3 saturated heterocycles. The molecule has 2 bridgehead atoms. The molecule has 4 unspecified atom stereocenters. The quantitative estimate of drug-likeness (QED) is 0.391. The van der Waals surface area contributed by atoms with Gasteiger partial charge in [-0.05, 0) is 38.3 Å². The second-order valence-corrected chi connectivity index (χ2v) is 8.06. The first kappa shape index (κ1) is 20.6. The van der Waals surface area contributed by atoms with Crippen LogP contribution in [0, 0.1) is 18.8 Å². The lowest BCUT2D eigenvalue weighted by Crippen LogP contribution is -2.41. The zero-order chi connectivity index (χ0) is 19.1. The summed E-state index contributed by atoms with van der Waals surface area (Å²) in [7, 11) is 0. The highest BCUT2D eigenvalue weighted by molar-refractivity contribution is 14.0. The second-order valence-electron chi connectivity index (χ2n) is 8.06. The Morgan fingerprint density at radius 3 is 2.55 bits per heavy atom. The van der Waals surface area contributed by atoms with E-state index in [0.717, 1.165) is 42.8 Å². The average molecular weight is 508 g/mol. The predicted octanol–water partition coefficient (Wildman–Crippen LogP) is 2.77. The van der Waals surface area contributed by atoms with Crippen molar-refractivity contribution in [3.8, 4) is 5.82 Å². The van der Waals surface area contributed by atoms with Gasteiger partial charge >= 0.3 is 0 Å². The Labute approximate surface area is 189 Å². The van der Waals surface area contributed by atoms with Crippen molar-refractivity contribution in [1.29, 1.82) is 0 Å². The minimum Gasteiger partial charge on any atom is -0.374 e. The standard InChI is InChI=1S/C21H28N6O.HI/c1-3-22-21(26-12-16-17(13-26)19-6-5-18(16)28-19)25-11-15-4-7-20(24-10-15)27-9-8-23-14(27)2;/h4,7-10,16-19H,3,5-6,11-13H2,1-2H3,(H,22,25);1H. The molecule has 2 aromatic heterocycles. The van der Waals surface area contributed by atoms with Gasteiger partial charge < -0.3 is 15.0 Å². The van der Waals surface area contributed by atoms with Gasteiger partial charge in [0.25, 0.3) is 0 Å². The molecule has 1 N–H and O–H groups in total. The van der Waals surface area contributed by atoms with Crippen LogP contribution in [0.4, 0.5) is 0 Å². The Balaban J connectivity index is 0.00000205. The smallest absolute Gasteiger partial charge is 0.194 e. The fourth-order valence-corrected chi connectivity index (χ4v) is 5.00. The largest absolute Gasteiger partial charge is 0.374 e. The summed E-state index contributed by atoms with van der Waals surface area (Å²) in [4.78, 5) is 16.2. The molecule has 4 atom stereocenters. The molecule has 8 heteroatoms. The van der Waals surface area contributed by atoms with Gasteiger partial charge in [-0.25, -0.2) is 15.0 Å². The predicted molar refractivity (Wildman–Crippen MR) is 123 cm³/mol. The Bertz CT molecular complexity index is 848. The summed E-state index contributed by atoms with van der Waals surface area (Å²) < 4.78 is 8.09. The summed E-state index contributed by atoms with van der Waals surface area (Å²) in [5.74, 6) is 4.21. The molecule has 2 aromatic rings. The molecule has 156 valence electrons. The van der Waals surface area contributed by atoms with Crippen LogP contribution in [0.3, 0.4) is 0 Å². The zero-order valence-corrected chi connectivity index (χ0v) is 19.3. The summed E-state index contributed by atoms with van der Waals surface area (Å²) in [6.45, 7) is 7.75. The van der Waals surface area contributed by atoms with Crippen molar-refractivity contribution in [3.05, 3.63) is 42.1 Å². The first-order valence-corrected chi connectivity index (χ1v) is 10.4. The molecular formula is C21H29IN6O. The van der Waals surface area contributed by atoms with Gasteiger partial charge in [0, 0.05) is 50.1 Å². The number of hydrogen-bond donors (Lipinski definition) is 1. The molecule has 0 aromatic carbocycles. The molecule has 0 amide bonds. The van der Waals surface area contributed by atoms with Crippen LogP contribution in [0.15, 0.2) is 35.7 Å². The van der Waals surface area contributed by atoms with E-state index in [0.29, 0.717) is 30.6 Å². The second kappa shape index (κ2) is 8.59. The van der Waals surface area contributed by atoms with Crippen LogP contribution in [0.1, 0.15) is 31.2 Å². The molecule has 0 spiro atoms. The average Bonchev–Trinajstić information content (AvgIpc) is 3.47. The lowest BCUT2D eigenvalue weighted by Gasteiger charge is -2.23. The monoisotopic (exact) mass is 508 g/mol. The number of pyridine rings is 1. The molecule has 29 heavy (non-hydrogen) atoms. The molecule has 0 saturated carbocycles. The van der Waals surface area contributed by atoms with Crippen molar-refractivity contribution < 1.29 is 4.74 Å². The van der Waals surface area contributed by atoms with Gasteiger partial charge in [0.15, 0.2) is 5.96 Å². The van der Waals surface area contributed by atoms with Crippen LogP contribution in [-0.2, 0) is 11.3 Å². The van der Waals surface area contributed by atoms with Gasteiger partial charge in [0.2, 0.25) is 0 Å². The molecule has 5 rings (SSSR count). The van der Waals surface area contributed by atoms with Crippen LogP contribution in [0.2, 0.25) is 0 Å². The van der Waals surface area contributed by atoms with Crippen molar-refractivity contribution >= 4 is 29.9 Å². The highest BCUT2D eigenvalue weighted by Gasteiger charge is 2.53. The topological polar surface area (TPSA) is 67.6 Å². The van der Waals surface area contributed by atoms with Crippen LogP contribution < -0.4 is 5.32 Å². The Morgan fingerprint density at radius 1 is 1.21 bits per heavy atom. The van der Waals surface area contributed by atoms with E-state index in [1.807, 2.05) is 30.0 Å². The van der Waals surface area contributed by atoms with Crippen molar-refractivity contribution in [2.24, 2.45) is 16.8 Å². The van der Waals surface area contributed by atoms with E-state index in [1.165, 1.54) is 12.8 Å². The fraction of sp³-hybridized carbons (Fsp3) is 0.571. The summed E-state index contributed by atoms with van der Waals surface area (Å²) in [5, 5.41) is 3.48. The number of fused-ring (bicyclic) bond motifs is 5. The lowest BCUT2D eigenvalue weighted by molar-refractivity contribution is 0.0767. The number of imidazole rings is 1. The van der Waals surface area contributed by atoms with Crippen molar-refractivity contribution in [3.63, 3.8) is 0 Å². The fourth-order valence-electron chi connectivity index (χ4n) is 5.00. The molecule has 0 aliphatic carbocycles. The third kappa shape index (κ3) is 3.88. The van der Waals surface area contributed by atoms with Gasteiger partial charge in [-0.15, -0.1) is 24.0 Å². The number of halogens is 1. The summed E-state index contributed by atoms with van der Waals surface area (Å²) >= 11 is 0. The zero-order valence-electron chi connectivity index (χ0n) is 17.0. The number of aromatic nitrogens is 3. The van der Waals surface area contributed by atoms with Gasteiger partial charge in [-0.2, -0.15) is 0 Å². The maximum Gasteiger partial charge on any atom is 0.194 e. The number of ether oxygens (including phenoxy) is 1. The maximum atomic E-state index is 6.11. The number of guanidine groups is 1. The van der Waals surface area contributed by atoms with E-state index in [4.69, 9.17) is 9.73 Å². The SMILES string of the molecule is CCNC(=NCc1ccc(-n2ccnc2C)nc1)N1CC2C3CCC(O3)C2C1.I. The van der Waals surface area contributed by atoms with E-state index in [1.54, 1.807) is 6.20 Å². The number of nitrogens with zero attached hydrogens (tertiary/aromatic N) is 5. The Morgan fingerprint density at radius 2 is 1.97 bits per heavy atom. The third-order valence-corrected chi connectivity index (χ3v) is 6.38. The van der Waals surface area contributed by atoms with Crippen LogP contribution in [0.25, 0.3) is 5.82 Å². The third-order valence-electron chi connectivity index (χ3n) is 6.38.